The molecule has 0 saturated carbocycles. The highest BCUT2D eigenvalue weighted by molar-refractivity contribution is 6.17. The Morgan fingerprint density at radius 3 is 1.52 bits per heavy atom. The Morgan fingerprint density at radius 2 is 0.855 bits per heavy atom. The lowest BCUT2D eigenvalue weighted by molar-refractivity contribution is 0.668. The van der Waals surface area contributed by atoms with E-state index in [1.54, 1.807) is 0 Å². The zero-order valence-electron chi connectivity index (χ0n) is 32.8. The van der Waals surface area contributed by atoms with Gasteiger partial charge in [0, 0.05) is 54.2 Å². The van der Waals surface area contributed by atoms with Gasteiger partial charge >= 0.3 is 0 Å². The number of para-hydroxylation sites is 4. The summed E-state index contributed by atoms with van der Waals surface area (Å²) in [6, 6.07) is 62.6. The average molecular weight is 795 g/mol. The number of furan rings is 3. The van der Waals surface area contributed by atoms with Crippen LogP contribution in [0.1, 0.15) is 0 Å². The predicted octanol–water partition coefficient (Wildman–Crippen LogP) is 14.8. The van der Waals surface area contributed by atoms with E-state index < -0.39 is 0 Å². The topological polar surface area (TPSA) is 83.0 Å². The van der Waals surface area contributed by atoms with Crippen LogP contribution in [0.2, 0.25) is 0 Å². The average Bonchev–Trinajstić information content (AvgIpc) is 4.09. The number of rotatable bonds is 4. The Bertz CT molecular complexity index is 4060. The molecule has 0 atom stereocenters. The predicted molar refractivity (Wildman–Crippen MR) is 250 cm³/mol. The van der Waals surface area contributed by atoms with Crippen molar-refractivity contribution in [3.05, 3.63) is 182 Å². The molecule has 0 aliphatic rings. The number of aromatic nitrogens is 4. The van der Waals surface area contributed by atoms with E-state index in [-0.39, 0.29) is 0 Å². The van der Waals surface area contributed by atoms with Gasteiger partial charge in [-0.05, 0) is 71.4 Å². The molecule has 0 saturated heterocycles. The van der Waals surface area contributed by atoms with Crippen LogP contribution < -0.4 is 0 Å². The maximum Gasteiger partial charge on any atom is 0.170 e. The maximum absolute atomic E-state index is 6.95. The van der Waals surface area contributed by atoms with Crippen molar-refractivity contribution in [2.45, 2.75) is 0 Å². The third-order valence-electron chi connectivity index (χ3n) is 12.5. The molecule has 0 aliphatic carbocycles. The molecule has 0 bridgehead atoms. The number of nitrogens with zero attached hydrogens (tertiary/aromatic N) is 4. The summed E-state index contributed by atoms with van der Waals surface area (Å²) in [5.41, 5.74) is 10.0. The third-order valence-corrected chi connectivity index (χ3v) is 12.5. The molecule has 9 aromatic carbocycles. The summed E-state index contributed by atoms with van der Waals surface area (Å²) < 4.78 is 22.1. The van der Waals surface area contributed by atoms with E-state index in [1.807, 2.05) is 78.9 Å². The van der Waals surface area contributed by atoms with Crippen molar-refractivity contribution < 1.29 is 13.3 Å². The fourth-order valence-electron chi connectivity index (χ4n) is 9.75. The zero-order valence-corrected chi connectivity index (χ0v) is 32.8. The Labute approximate surface area is 351 Å². The van der Waals surface area contributed by atoms with E-state index >= 15 is 0 Å². The Morgan fingerprint density at radius 1 is 0.339 bits per heavy atom. The molecule has 0 spiro atoms. The van der Waals surface area contributed by atoms with Crippen molar-refractivity contribution >= 4 is 98.4 Å². The van der Waals surface area contributed by atoms with E-state index in [4.69, 9.17) is 28.2 Å². The van der Waals surface area contributed by atoms with E-state index in [9.17, 15) is 0 Å². The van der Waals surface area contributed by atoms with Crippen LogP contribution in [-0.2, 0) is 0 Å². The van der Waals surface area contributed by atoms with Crippen LogP contribution in [0, 0.1) is 0 Å². The molecule has 7 heteroatoms. The summed E-state index contributed by atoms with van der Waals surface area (Å²) in [5, 5.41) is 10.5. The number of fused-ring (bicyclic) bond motifs is 13. The van der Waals surface area contributed by atoms with Crippen LogP contribution in [0.3, 0.4) is 0 Å². The molecule has 0 unspecified atom stereocenters. The van der Waals surface area contributed by atoms with Gasteiger partial charge in [-0.25, -0.2) is 15.0 Å². The second-order valence-electron chi connectivity index (χ2n) is 15.9. The summed E-state index contributed by atoms with van der Waals surface area (Å²) in [4.78, 5) is 16.4. The van der Waals surface area contributed by atoms with Crippen LogP contribution >= 0.6 is 0 Å². The highest BCUT2D eigenvalue weighted by atomic mass is 16.3. The van der Waals surface area contributed by atoms with Gasteiger partial charge in [-0.1, -0.05) is 121 Å². The van der Waals surface area contributed by atoms with Gasteiger partial charge in [0.25, 0.3) is 0 Å². The first-order valence-electron chi connectivity index (χ1n) is 20.7. The Balaban J connectivity index is 1.15. The Kier molecular flexibility index (Phi) is 6.71. The van der Waals surface area contributed by atoms with Crippen LogP contribution in [-0.4, -0.2) is 19.5 Å². The SMILES string of the molecule is c1ccc2cc3c(cc2c1)c1ccccc1n3-c1ccc2c(oc3ccccc32)c1-c1nc(-c2cccc3oc4ccccc4c23)nc(-c2cccc3oc4ccccc4c23)n1. The molecule has 0 amide bonds. The van der Waals surface area contributed by atoms with Crippen molar-refractivity contribution in [3.8, 4) is 39.9 Å². The largest absolute Gasteiger partial charge is 0.456 e. The molecule has 14 aromatic rings. The molecule has 288 valence electrons. The lowest BCUT2D eigenvalue weighted by atomic mass is 10.0. The first-order valence-corrected chi connectivity index (χ1v) is 20.7. The summed E-state index contributed by atoms with van der Waals surface area (Å²) in [6.45, 7) is 0. The Hall–Kier alpha value is -8.55. The van der Waals surface area contributed by atoms with Gasteiger partial charge in [-0.3, -0.25) is 0 Å². The number of hydrogen-bond acceptors (Lipinski definition) is 6. The lowest BCUT2D eigenvalue weighted by Crippen LogP contribution is -2.04. The van der Waals surface area contributed by atoms with Crippen LogP contribution in [0.5, 0.6) is 0 Å². The fourth-order valence-corrected chi connectivity index (χ4v) is 9.75. The fraction of sp³-hybridized carbons (Fsp3) is 0. The van der Waals surface area contributed by atoms with E-state index in [1.165, 1.54) is 5.39 Å². The quantitative estimate of drug-likeness (QED) is 0.176. The van der Waals surface area contributed by atoms with Gasteiger partial charge < -0.3 is 17.8 Å². The van der Waals surface area contributed by atoms with Crippen LogP contribution in [0.15, 0.2) is 195 Å². The van der Waals surface area contributed by atoms with Crippen molar-refractivity contribution in [2.75, 3.05) is 0 Å². The van der Waals surface area contributed by atoms with Crippen molar-refractivity contribution in [1.82, 2.24) is 19.5 Å². The van der Waals surface area contributed by atoms with Gasteiger partial charge in [-0.15, -0.1) is 0 Å². The summed E-state index contributed by atoms with van der Waals surface area (Å²) in [5.74, 6) is 1.50. The minimum absolute atomic E-state index is 0.478. The second kappa shape index (κ2) is 12.5. The van der Waals surface area contributed by atoms with E-state index in [0.717, 1.165) is 110 Å². The van der Waals surface area contributed by atoms with Gasteiger partial charge in [0.1, 0.15) is 33.5 Å². The standard InChI is InChI=1S/C55H30N4O3/c1-2-14-32-30-43-40(29-31(32)13-1)33-15-3-7-21-41(33)59(43)42-28-27-35-34-16-4-8-22-44(34)62-52(35)51(42)55-57-53(38-19-11-25-47-49(38)36-17-5-9-23-45(36)60-47)56-54(58-55)39-20-12-26-48-50(39)37-18-6-10-24-46(37)61-48/h1-30H. The molecule has 0 fully saturated rings. The van der Waals surface area contributed by atoms with E-state index in [2.05, 4.69) is 108 Å². The van der Waals surface area contributed by atoms with Gasteiger partial charge in [0.05, 0.1) is 22.3 Å². The van der Waals surface area contributed by atoms with Crippen LogP contribution in [0.25, 0.3) is 138 Å². The lowest BCUT2D eigenvalue weighted by Gasteiger charge is -2.16. The smallest absolute Gasteiger partial charge is 0.170 e. The molecule has 0 N–H and O–H groups in total. The summed E-state index contributed by atoms with van der Waals surface area (Å²) >= 11 is 0. The zero-order chi connectivity index (χ0) is 40.5. The van der Waals surface area contributed by atoms with Gasteiger partial charge in [0.15, 0.2) is 17.5 Å². The van der Waals surface area contributed by atoms with Crippen molar-refractivity contribution in [1.29, 1.82) is 0 Å². The molecule has 5 heterocycles. The van der Waals surface area contributed by atoms with Crippen molar-refractivity contribution in [2.24, 2.45) is 0 Å². The molecule has 7 nitrogen and oxygen atoms in total. The molecule has 0 aliphatic heterocycles. The molecular formula is C55H30N4O3. The molecule has 5 aromatic heterocycles. The molecule has 62 heavy (non-hydrogen) atoms. The highest BCUT2D eigenvalue weighted by Crippen LogP contribution is 2.45. The summed E-state index contributed by atoms with van der Waals surface area (Å²) in [7, 11) is 0. The summed E-state index contributed by atoms with van der Waals surface area (Å²) in [6.07, 6.45) is 0. The third kappa shape index (κ3) is 4.67. The second-order valence-corrected chi connectivity index (χ2v) is 15.9. The number of hydrogen-bond donors (Lipinski definition) is 0. The first-order chi connectivity index (χ1) is 30.7. The molecule has 14 rings (SSSR count). The maximum atomic E-state index is 6.95. The highest BCUT2D eigenvalue weighted by Gasteiger charge is 2.26. The van der Waals surface area contributed by atoms with E-state index in [0.29, 0.717) is 23.1 Å². The van der Waals surface area contributed by atoms with Gasteiger partial charge in [0.2, 0.25) is 0 Å². The minimum Gasteiger partial charge on any atom is -0.456 e. The first kappa shape index (κ1) is 33.3. The minimum atomic E-state index is 0.478. The van der Waals surface area contributed by atoms with Crippen LogP contribution in [0.4, 0.5) is 0 Å². The number of benzene rings is 9. The molecule has 0 radical (unpaired) electrons. The molecular weight excluding hydrogens is 765 g/mol. The monoisotopic (exact) mass is 794 g/mol. The van der Waals surface area contributed by atoms with Gasteiger partial charge in [-0.2, -0.15) is 0 Å². The van der Waals surface area contributed by atoms with Crippen molar-refractivity contribution in [3.63, 3.8) is 0 Å². The normalized spacial score (nSPS) is 12.2.